The van der Waals surface area contributed by atoms with Crippen molar-refractivity contribution in [2.75, 3.05) is 20.7 Å². The number of rotatable bonds is 6. The van der Waals surface area contributed by atoms with Crippen LogP contribution in [0, 0.1) is 6.92 Å². The van der Waals surface area contributed by atoms with Gasteiger partial charge in [0.1, 0.15) is 5.75 Å². The summed E-state index contributed by atoms with van der Waals surface area (Å²) in [4.78, 5) is 11.1. The maximum atomic E-state index is 11.1. The second kappa shape index (κ2) is 6.91. The van der Waals surface area contributed by atoms with Crippen molar-refractivity contribution in [3.05, 3.63) is 29.3 Å². The fourth-order valence-electron chi connectivity index (χ4n) is 1.56. The number of benzene rings is 1. The van der Waals surface area contributed by atoms with Crippen molar-refractivity contribution in [3.8, 4) is 5.75 Å². The van der Waals surface area contributed by atoms with E-state index in [4.69, 9.17) is 4.74 Å². The molecular formula is C13H20N2O2. The summed E-state index contributed by atoms with van der Waals surface area (Å²) < 4.78 is 5.62. The molecule has 2 N–H and O–H groups in total. The van der Waals surface area contributed by atoms with E-state index in [0.717, 1.165) is 17.9 Å². The molecule has 0 aliphatic rings. The third-order valence-electron chi connectivity index (χ3n) is 2.45. The zero-order valence-electron chi connectivity index (χ0n) is 10.7. The first kappa shape index (κ1) is 13.5. The van der Waals surface area contributed by atoms with Crippen LogP contribution in [0.25, 0.3) is 0 Å². The molecule has 0 atom stereocenters. The molecule has 0 unspecified atom stereocenters. The summed E-state index contributed by atoms with van der Waals surface area (Å²) in [6.45, 7) is 3.21. The Hall–Kier alpha value is -1.55. The monoisotopic (exact) mass is 236 g/mol. The van der Waals surface area contributed by atoms with E-state index in [1.165, 1.54) is 5.56 Å². The van der Waals surface area contributed by atoms with Gasteiger partial charge in [-0.05, 0) is 20.0 Å². The third-order valence-corrected chi connectivity index (χ3v) is 2.45. The number of carbonyl (C=O) groups is 1. The van der Waals surface area contributed by atoms with Crippen molar-refractivity contribution < 1.29 is 9.53 Å². The fourth-order valence-corrected chi connectivity index (χ4v) is 1.56. The molecule has 1 rings (SSSR count). The Kier molecular flexibility index (Phi) is 5.49. The predicted octanol–water partition coefficient (Wildman–Crippen LogP) is 1.23. The van der Waals surface area contributed by atoms with Crippen LogP contribution in [0.5, 0.6) is 5.75 Å². The number of carbonyl (C=O) groups excluding carboxylic acids is 1. The lowest BCUT2D eigenvalue weighted by Gasteiger charge is -2.11. The van der Waals surface area contributed by atoms with Gasteiger partial charge in [0.05, 0.1) is 13.0 Å². The first-order chi connectivity index (χ1) is 8.17. The minimum absolute atomic E-state index is 0.00715. The van der Waals surface area contributed by atoms with Gasteiger partial charge in [0.15, 0.2) is 0 Å². The SMILES string of the molecule is CNCc1cc(C)ccc1OCCC(=O)NC. The summed E-state index contributed by atoms with van der Waals surface area (Å²) in [5.74, 6) is 0.834. The van der Waals surface area contributed by atoms with Crippen molar-refractivity contribution in [1.82, 2.24) is 10.6 Å². The lowest BCUT2D eigenvalue weighted by Crippen LogP contribution is -2.20. The van der Waals surface area contributed by atoms with Crippen LogP contribution in [0.3, 0.4) is 0 Å². The molecule has 0 aromatic heterocycles. The van der Waals surface area contributed by atoms with E-state index in [-0.39, 0.29) is 5.91 Å². The Morgan fingerprint density at radius 3 is 2.76 bits per heavy atom. The highest BCUT2D eigenvalue weighted by molar-refractivity contribution is 5.75. The molecule has 0 radical (unpaired) electrons. The molecule has 0 heterocycles. The van der Waals surface area contributed by atoms with Crippen molar-refractivity contribution in [2.24, 2.45) is 0 Å². The summed E-state index contributed by atoms with van der Waals surface area (Å²) in [6, 6.07) is 6.05. The van der Waals surface area contributed by atoms with Gasteiger partial charge in [0, 0.05) is 19.2 Å². The van der Waals surface area contributed by atoms with Crippen LogP contribution >= 0.6 is 0 Å². The van der Waals surface area contributed by atoms with Crippen LogP contribution in [-0.2, 0) is 11.3 Å². The highest BCUT2D eigenvalue weighted by atomic mass is 16.5. The Morgan fingerprint density at radius 1 is 1.35 bits per heavy atom. The molecular weight excluding hydrogens is 216 g/mol. The van der Waals surface area contributed by atoms with Gasteiger partial charge in [0.25, 0.3) is 0 Å². The molecule has 17 heavy (non-hydrogen) atoms. The quantitative estimate of drug-likeness (QED) is 0.781. The van der Waals surface area contributed by atoms with Crippen LogP contribution in [0.1, 0.15) is 17.5 Å². The van der Waals surface area contributed by atoms with Crippen LogP contribution in [0.15, 0.2) is 18.2 Å². The van der Waals surface area contributed by atoms with Gasteiger partial charge < -0.3 is 15.4 Å². The van der Waals surface area contributed by atoms with E-state index in [9.17, 15) is 4.79 Å². The lowest BCUT2D eigenvalue weighted by atomic mass is 10.1. The molecule has 0 saturated carbocycles. The van der Waals surface area contributed by atoms with Crippen molar-refractivity contribution in [3.63, 3.8) is 0 Å². The Labute approximate surface area is 102 Å². The van der Waals surface area contributed by atoms with Crippen LogP contribution in [-0.4, -0.2) is 26.6 Å². The third kappa shape index (κ3) is 4.44. The lowest BCUT2D eigenvalue weighted by molar-refractivity contribution is -0.121. The summed E-state index contributed by atoms with van der Waals surface area (Å²) >= 11 is 0. The van der Waals surface area contributed by atoms with Gasteiger partial charge in [-0.25, -0.2) is 0 Å². The van der Waals surface area contributed by atoms with E-state index < -0.39 is 0 Å². The molecule has 0 spiro atoms. The standard InChI is InChI=1S/C13H20N2O2/c1-10-4-5-12(11(8-10)9-14-2)17-7-6-13(16)15-3/h4-5,8,14H,6-7,9H2,1-3H3,(H,15,16). The number of ether oxygens (including phenoxy) is 1. The van der Waals surface area contributed by atoms with Crippen molar-refractivity contribution in [1.29, 1.82) is 0 Å². The van der Waals surface area contributed by atoms with E-state index in [1.54, 1.807) is 7.05 Å². The van der Waals surface area contributed by atoms with Crippen LogP contribution in [0.2, 0.25) is 0 Å². The number of hydrogen-bond acceptors (Lipinski definition) is 3. The molecule has 1 aromatic rings. The van der Waals surface area contributed by atoms with E-state index >= 15 is 0 Å². The van der Waals surface area contributed by atoms with Crippen LogP contribution < -0.4 is 15.4 Å². The largest absolute Gasteiger partial charge is 0.493 e. The average Bonchev–Trinajstić information content (AvgIpc) is 2.32. The number of aryl methyl sites for hydroxylation is 1. The van der Waals surface area contributed by atoms with E-state index in [1.807, 2.05) is 26.1 Å². The molecule has 0 bridgehead atoms. The minimum Gasteiger partial charge on any atom is -0.493 e. The Morgan fingerprint density at radius 2 is 2.12 bits per heavy atom. The molecule has 0 saturated heterocycles. The summed E-state index contributed by atoms with van der Waals surface area (Å²) in [5, 5.41) is 5.67. The first-order valence-electron chi connectivity index (χ1n) is 5.75. The van der Waals surface area contributed by atoms with Gasteiger partial charge in [-0.15, -0.1) is 0 Å². The first-order valence-corrected chi connectivity index (χ1v) is 5.75. The second-order valence-electron chi connectivity index (χ2n) is 3.91. The average molecular weight is 236 g/mol. The fraction of sp³-hybridized carbons (Fsp3) is 0.462. The summed E-state index contributed by atoms with van der Waals surface area (Å²) in [7, 11) is 3.53. The van der Waals surface area contributed by atoms with Gasteiger partial charge in [-0.2, -0.15) is 0 Å². The van der Waals surface area contributed by atoms with E-state index in [0.29, 0.717) is 13.0 Å². The summed E-state index contributed by atoms with van der Waals surface area (Å²) in [5.41, 5.74) is 2.32. The highest BCUT2D eigenvalue weighted by Crippen LogP contribution is 2.20. The predicted molar refractivity (Wildman–Crippen MR) is 68.1 cm³/mol. The van der Waals surface area contributed by atoms with Crippen molar-refractivity contribution in [2.45, 2.75) is 19.9 Å². The van der Waals surface area contributed by atoms with E-state index in [2.05, 4.69) is 16.7 Å². The number of hydrogen-bond donors (Lipinski definition) is 2. The van der Waals surface area contributed by atoms with Gasteiger partial charge in [-0.3, -0.25) is 4.79 Å². The smallest absolute Gasteiger partial charge is 0.223 e. The van der Waals surface area contributed by atoms with Crippen molar-refractivity contribution >= 4 is 5.91 Å². The van der Waals surface area contributed by atoms with Gasteiger partial charge in [0.2, 0.25) is 5.91 Å². The Balaban J connectivity index is 2.60. The molecule has 1 aromatic carbocycles. The zero-order chi connectivity index (χ0) is 12.7. The maximum Gasteiger partial charge on any atom is 0.223 e. The molecule has 0 aliphatic heterocycles. The topological polar surface area (TPSA) is 50.4 Å². The van der Waals surface area contributed by atoms with Crippen LogP contribution in [0.4, 0.5) is 0 Å². The molecule has 94 valence electrons. The molecule has 0 aliphatic carbocycles. The number of nitrogens with one attached hydrogen (secondary N) is 2. The molecule has 4 heteroatoms. The molecule has 1 amide bonds. The molecule has 4 nitrogen and oxygen atoms in total. The summed E-state index contributed by atoms with van der Waals surface area (Å²) in [6.07, 6.45) is 0.378. The highest BCUT2D eigenvalue weighted by Gasteiger charge is 2.04. The van der Waals surface area contributed by atoms with Gasteiger partial charge in [-0.1, -0.05) is 17.7 Å². The number of amides is 1. The second-order valence-corrected chi connectivity index (χ2v) is 3.91. The Bertz CT molecular complexity index is 378. The zero-order valence-corrected chi connectivity index (χ0v) is 10.7. The minimum atomic E-state index is -0.00715. The normalized spacial score (nSPS) is 10.1. The molecule has 0 fully saturated rings. The van der Waals surface area contributed by atoms with Gasteiger partial charge >= 0.3 is 0 Å². The maximum absolute atomic E-state index is 11.1.